The first-order chi connectivity index (χ1) is 6.72. The predicted octanol–water partition coefficient (Wildman–Crippen LogP) is 3.31. The fourth-order valence-electron chi connectivity index (χ4n) is 1.47. The number of benzene rings is 1. The van der Waals surface area contributed by atoms with Gasteiger partial charge in [-0.3, -0.25) is 0 Å². The normalized spacial score (nSPS) is 10.3. The van der Waals surface area contributed by atoms with E-state index in [1.807, 2.05) is 17.5 Å². The minimum absolute atomic E-state index is 0.400. The number of thiophene rings is 1. The second kappa shape index (κ2) is 3.60. The van der Waals surface area contributed by atoms with Crippen molar-refractivity contribution in [2.24, 2.45) is 0 Å². The molecule has 0 unspecified atom stereocenters. The molecule has 2 rings (SSSR count). The first-order valence-corrected chi connectivity index (χ1v) is 5.71. The Kier molecular flexibility index (Phi) is 2.44. The first kappa shape index (κ1) is 9.50. The lowest BCUT2D eigenvalue weighted by atomic mass is 10.1. The molecule has 2 nitrogen and oxygen atoms in total. The van der Waals surface area contributed by atoms with E-state index in [4.69, 9.17) is 11.0 Å². The van der Waals surface area contributed by atoms with Crippen molar-refractivity contribution >= 4 is 43.0 Å². The molecule has 0 radical (unpaired) electrons. The zero-order valence-corrected chi connectivity index (χ0v) is 9.65. The Morgan fingerprint density at radius 2 is 2.29 bits per heavy atom. The quantitative estimate of drug-likeness (QED) is 0.861. The van der Waals surface area contributed by atoms with Crippen molar-refractivity contribution in [3.63, 3.8) is 0 Å². The van der Waals surface area contributed by atoms with Crippen LogP contribution in [-0.2, 0) is 6.42 Å². The largest absolute Gasteiger partial charge is 0.398 e. The van der Waals surface area contributed by atoms with E-state index in [2.05, 4.69) is 22.0 Å². The van der Waals surface area contributed by atoms with Crippen molar-refractivity contribution in [1.29, 1.82) is 5.26 Å². The molecule has 1 aromatic heterocycles. The van der Waals surface area contributed by atoms with Gasteiger partial charge in [0.25, 0.3) is 0 Å². The van der Waals surface area contributed by atoms with Gasteiger partial charge in [-0.05, 0) is 17.7 Å². The van der Waals surface area contributed by atoms with Gasteiger partial charge in [0.15, 0.2) is 0 Å². The van der Waals surface area contributed by atoms with Gasteiger partial charge in [0.1, 0.15) is 0 Å². The molecule has 14 heavy (non-hydrogen) atoms. The average Bonchev–Trinajstić information content (AvgIpc) is 2.48. The number of anilines is 1. The van der Waals surface area contributed by atoms with Gasteiger partial charge in [0.2, 0.25) is 0 Å². The molecule has 0 atom stereocenters. The van der Waals surface area contributed by atoms with Crippen LogP contribution in [0.5, 0.6) is 0 Å². The van der Waals surface area contributed by atoms with Crippen LogP contribution < -0.4 is 5.73 Å². The van der Waals surface area contributed by atoms with E-state index in [9.17, 15) is 0 Å². The zero-order valence-electron chi connectivity index (χ0n) is 7.25. The van der Waals surface area contributed by atoms with Crippen molar-refractivity contribution in [1.82, 2.24) is 0 Å². The molecular formula is C10H7BrN2S. The molecule has 1 aromatic carbocycles. The van der Waals surface area contributed by atoms with Gasteiger partial charge in [-0.2, -0.15) is 5.26 Å². The van der Waals surface area contributed by atoms with Crippen LogP contribution in [-0.4, -0.2) is 0 Å². The summed E-state index contributed by atoms with van der Waals surface area (Å²) in [4.78, 5) is 0. The summed E-state index contributed by atoms with van der Waals surface area (Å²) in [6, 6.07) is 6.13. The topological polar surface area (TPSA) is 49.8 Å². The molecule has 0 spiro atoms. The van der Waals surface area contributed by atoms with Crippen molar-refractivity contribution in [3.8, 4) is 6.07 Å². The highest BCUT2D eigenvalue weighted by Crippen LogP contribution is 2.33. The highest BCUT2D eigenvalue weighted by atomic mass is 79.9. The van der Waals surface area contributed by atoms with Crippen LogP contribution in [0.25, 0.3) is 10.1 Å². The molecule has 0 aliphatic carbocycles. The van der Waals surface area contributed by atoms with E-state index >= 15 is 0 Å². The second-order valence-electron chi connectivity index (χ2n) is 2.96. The molecular weight excluding hydrogens is 260 g/mol. The lowest BCUT2D eigenvalue weighted by molar-refractivity contribution is 1.29. The van der Waals surface area contributed by atoms with Crippen LogP contribution in [0, 0.1) is 11.3 Å². The van der Waals surface area contributed by atoms with Gasteiger partial charge in [0.05, 0.1) is 18.2 Å². The molecule has 1 heterocycles. The molecule has 0 bridgehead atoms. The highest BCUT2D eigenvalue weighted by molar-refractivity contribution is 9.10. The molecule has 0 fully saturated rings. The Morgan fingerprint density at radius 1 is 1.50 bits per heavy atom. The molecule has 0 amide bonds. The summed E-state index contributed by atoms with van der Waals surface area (Å²) in [5.41, 5.74) is 7.61. The minimum Gasteiger partial charge on any atom is -0.398 e. The lowest BCUT2D eigenvalue weighted by Gasteiger charge is -2.00. The first-order valence-electron chi connectivity index (χ1n) is 4.04. The van der Waals surface area contributed by atoms with Gasteiger partial charge in [-0.15, -0.1) is 11.3 Å². The van der Waals surface area contributed by atoms with Crippen LogP contribution in [0.4, 0.5) is 5.69 Å². The molecule has 0 saturated carbocycles. The van der Waals surface area contributed by atoms with Crippen LogP contribution in [0.2, 0.25) is 0 Å². The maximum atomic E-state index is 8.70. The number of hydrogen-bond donors (Lipinski definition) is 1. The van der Waals surface area contributed by atoms with E-state index in [1.54, 1.807) is 11.3 Å². The summed E-state index contributed by atoms with van der Waals surface area (Å²) in [6.45, 7) is 0. The molecule has 0 saturated heterocycles. The second-order valence-corrected chi connectivity index (χ2v) is 4.79. The van der Waals surface area contributed by atoms with Crippen molar-refractivity contribution in [3.05, 3.63) is 27.5 Å². The fraction of sp³-hybridized carbons (Fsp3) is 0.100. The van der Waals surface area contributed by atoms with Crippen molar-refractivity contribution < 1.29 is 0 Å². The summed E-state index contributed by atoms with van der Waals surface area (Å²) in [5, 5.41) is 11.6. The van der Waals surface area contributed by atoms with E-state index in [0.29, 0.717) is 6.42 Å². The SMILES string of the molecule is N#CCc1cc(Br)cc2scc(N)c12. The van der Waals surface area contributed by atoms with Crippen LogP contribution in [0.1, 0.15) is 5.56 Å². The molecule has 2 aromatic rings. The number of halogens is 1. The summed E-state index contributed by atoms with van der Waals surface area (Å²) in [6.07, 6.45) is 0.400. The highest BCUT2D eigenvalue weighted by Gasteiger charge is 2.07. The predicted molar refractivity (Wildman–Crippen MR) is 63.3 cm³/mol. The third-order valence-electron chi connectivity index (χ3n) is 2.02. The van der Waals surface area contributed by atoms with E-state index in [1.165, 1.54) is 0 Å². The monoisotopic (exact) mass is 266 g/mol. The Morgan fingerprint density at radius 3 is 3.00 bits per heavy atom. The van der Waals surface area contributed by atoms with E-state index in [-0.39, 0.29) is 0 Å². The van der Waals surface area contributed by atoms with Crippen LogP contribution >= 0.6 is 27.3 Å². The zero-order chi connectivity index (χ0) is 10.1. The van der Waals surface area contributed by atoms with E-state index in [0.717, 1.165) is 25.8 Å². The number of nitriles is 1. The van der Waals surface area contributed by atoms with Gasteiger partial charge in [-0.1, -0.05) is 15.9 Å². The third-order valence-corrected chi connectivity index (χ3v) is 3.43. The number of nitrogens with zero attached hydrogens (tertiary/aromatic N) is 1. The van der Waals surface area contributed by atoms with Crippen molar-refractivity contribution in [2.45, 2.75) is 6.42 Å². The van der Waals surface area contributed by atoms with Gasteiger partial charge >= 0.3 is 0 Å². The maximum Gasteiger partial charge on any atom is 0.0669 e. The number of nitrogens with two attached hydrogens (primary N) is 1. The van der Waals surface area contributed by atoms with E-state index < -0.39 is 0 Å². The average molecular weight is 267 g/mol. The smallest absolute Gasteiger partial charge is 0.0669 e. The van der Waals surface area contributed by atoms with Gasteiger partial charge < -0.3 is 5.73 Å². The molecule has 0 aliphatic rings. The minimum atomic E-state index is 0.400. The maximum absolute atomic E-state index is 8.70. The van der Waals surface area contributed by atoms with Gasteiger partial charge in [0, 0.05) is 19.9 Å². The Bertz CT molecular complexity index is 525. The molecule has 2 N–H and O–H groups in total. The van der Waals surface area contributed by atoms with Crippen LogP contribution in [0.15, 0.2) is 22.0 Å². The number of hydrogen-bond acceptors (Lipinski definition) is 3. The van der Waals surface area contributed by atoms with Crippen molar-refractivity contribution in [2.75, 3.05) is 5.73 Å². The third kappa shape index (κ3) is 1.49. The standard InChI is InChI=1S/C10H7BrN2S/c11-7-3-6(1-2-12)10-8(13)5-14-9(10)4-7/h3-5H,1,13H2. The summed E-state index contributed by atoms with van der Waals surface area (Å²) in [5.74, 6) is 0. The van der Waals surface area contributed by atoms with Crippen LogP contribution in [0.3, 0.4) is 0 Å². The number of rotatable bonds is 1. The Hall–Kier alpha value is -1.05. The molecule has 70 valence electrons. The lowest BCUT2D eigenvalue weighted by Crippen LogP contribution is -1.87. The summed E-state index contributed by atoms with van der Waals surface area (Å²) in [7, 11) is 0. The Labute approximate surface area is 94.1 Å². The number of fused-ring (bicyclic) bond motifs is 1. The number of nitrogen functional groups attached to an aromatic ring is 1. The Balaban J connectivity index is 2.78. The summed E-state index contributed by atoms with van der Waals surface area (Å²) < 4.78 is 2.12. The van der Waals surface area contributed by atoms with Gasteiger partial charge in [-0.25, -0.2) is 0 Å². The molecule has 4 heteroatoms. The fourth-order valence-corrected chi connectivity index (χ4v) is 3.06. The molecule has 0 aliphatic heterocycles. The summed E-state index contributed by atoms with van der Waals surface area (Å²) >= 11 is 5.02.